The summed E-state index contributed by atoms with van der Waals surface area (Å²) in [5.41, 5.74) is 1.75. The first-order valence-corrected chi connectivity index (χ1v) is 10.9. The number of amides is 1. The Bertz CT molecular complexity index is 1410. The van der Waals surface area contributed by atoms with Crippen molar-refractivity contribution >= 4 is 29.0 Å². The molecule has 0 saturated carbocycles. The van der Waals surface area contributed by atoms with E-state index in [9.17, 15) is 18.0 Å². The highest BCUT2D eigenvalue weighted by molar-refractivity contribution is 6.30. The van der Waals surface area contributed by atoms with Crippen molar-refractivity contribution in [2.45, 2.75) is 18.8 Å². The van der Waals surface area contributed by atoms with Gasteiger partial charge in [0.25, 0.3) is 0 Å². The molecule has 5 rings (SSSR count). The minimum atomic E-state index is -1.14. The Hall–Kier alpha value is -3.64. The number of rotatable bonds is 4. The molecule has 1 aromatic heterocycles. The lowest BCUT2D eigenvalue weighted by atomic mass is 9.77. The van der Waals surface area contributed by atoms with Crippen LogP contribution in [0.4, 0.5) is 24.7 Å². The Kier molecular flexibility index (Phi) is 5.41. The van der Waals surface area contributed by atoms with Crippen molar-refractivity contribution in [1.29, 1.82) is 0 Å². The summed E-state index contributed by atoms with van der Waals surface area (Å²) in [6.45, 7) is 1.74. The van der Waals surface area contributed by atoms with Gasteiger partial charge in [0.1, 0.15) is 23.3 Å². The zero-order valence-electron chi connectivity index (χ0n) is 18.0. The summed E-state index contributed by atoms with van der Waals surface area (Å²) in [4.78, 5) is 19.7. The average Bonchev–Trinajstić information content (AvgIpc) is 3.01. The number of anilines is 2. The molecular formula is C27H18ClF3N2O. The molecule has 0 N–H and O–H groups in total. The number of halogens is 4. The number of fused-ring (bicyclic) bond motifs is 1. The number of aromatic nitrogens is 1. The lowest BCUT2D eigenvalue weighted by Gasteiger charge is -2.24. The van der Waals surface area contributed by atoms with Crippen molar-refractivity contribution in [3.63, 3.8) is 0 Å². The van der Waals surface area contributed by atoms with Crippen molar-refractivity contribution in [2.75, 3.05) is 4.90 Å². The lowest BCUT2D eigenvalue weighted by molar-refractivity contribution is -0.122. The van der Waals surface area contributed by atoms with E-state index in [2.05, 4.69) is 4.98 Å². The second-order valence-electron chi connectivity index (χ2n) is 8.48. The molecule has 0 bridgehead atoms. The van der Waals surface area contributed by atoms with Crippen LogP contribution in [0.2, 0.25) is 5.02 Å². The summed E-state index contributed by atoms with van der Waals surface area (Å²) in [5, 5.41) is 0.0133. The fourth-order valence-electron chi connectivity index (χ4n) is 4.51. The molecule has 34 heavy (non-hydrogen) atoms. The monoisotopic (exact) mass is 478 g/mol. The van der Waals surface area contributed by atoms with Crippen molar-refractivity contribution in [2.24, 2.45) is 0 Å². The third kappa shape index (κ3) is 3.74. The maximum atomic E-state index is 14.1. The van der Waals surface area contributed by atoms with Crippen LogP contribution in [0, 0.1) is 17.5 Å². The Morgan fingerprint density at radius 3 is 2.29 bits per heavy atom. The molecule has 1 aliphatic heterocycles. The molecule has 2 heterocycles. The molecule has 1 atom stereocenters. The van der Waals surface area contributed by atoms with Crippen LogP contribution in [-0.2, 0) is 16.6 Å². The molecule has 4 aromatic rings. The van der Waals surface area contributed by atoms with Crippen LogP contribution in [-0.4, -0.2) is 10.9 Å². The fourth-order valence-corrected chi connectivity index (χ4v) is 4.62. The quantitative estimate of drug-likeness (QED) is 0.316. The highest BCUT2D eigenvalue weighted by Gasteiger charge is 2.48. The third-order valence-corrected chi connectivity index (χ3v) is 6.42. The van der Waals surface area contributed by atoms with E-state index in [0.717, 1.165) is 6.07 Å². The summed E-state index contributed by atoms with van der Waals surface area (Å²) < 4.78 is 42.0. The molecule has 3 aromatic carbocycles. The third-order valence-electron chi connectivity index (χ3n) is 6.12. The van der Waals surface area contributed by atoms with Crippen molar-refractivity contribution in [1.82, 2.24) is 4.98 Å². The standard InChI is InChI=1S/C27H18ClF3N2O/c1-27(15-16-10-19(29)14-20(30)11-16)21-12-17(18-5-7-22(28)23(31)13-18)6-8-24(21)33(26(27)34)25-4-2-3-9-32-25/h2-14H,15H2,1H3. The summed E-state index contributed by atoms with van der Waals surface area (Å²) in [6, 6.07) is 18.4. The van der Waals surface area contributed by atoms with Crippen LogP contribution in [0.3, 0.4) is 0 Å². The van der Waals surface area contributed by atoms with E-state index in [0.29, 0.717) is 33.8 Å². The number of hydrogen-bond donors (Lipinski definition) is 0. The Labute approximate surface area is 199 Å². The Balaban J connectivity index is 1.68. The first-order chi connectivity index (χ1) is 16.3. The molecular weight excluding hydrogens is 461 g/mol. The molecule has 7 heteroatoms. The van der Waals surface area contributed by atoms with E-state index in [-0.39, 0.29) is 17.4 Å². The summed E-state index contributed by atoms with van der Waals surface area (Å²) in [5.74, 6) is -1.81. The van der Waals surface area contributed by atoms with Crippen molar-refractivity contribution < 1.29 is 18.0 Å². The predicted molar refractivity (Wildman–Crippen MR) is 126 cm³/mol. The van der Waals surface area contributed by atoms with Gasteiger partial charge in [0.2, 0.25) is 5.91 Å². The topological polar surface area (TPSA) is 33.2 Å². The maximum Gasteiger partial charge on any atom is 0.243 e. The second kappa shape index (κ2) is 8.29. The zero-order chi connectivity index (χ0) is 24.0. The van der Waals surface area contributed by atoms with Crippen LogP contribution in [0.5, 0.6) is 0 Å². The summed E-state index contributed by atoms with van der Waals surface area (Å²) in [6.07, 6.45) is 1.65. The molecule has 1 unspecified atom stereocenters. The lowest BCUT2D eigenvalue weighted by Crippen LogP contribution is -2.38. The molecule has 0 spiro atoms. The van der Waals surface area contributed by atoms with Gasteiger partial charge in [-0.1, -0.05) is 29.8 Å². The molecule has 170 valence electrons. The first kappa shape index (κ1) is 22.2. The molecule has 1 aliphatic rings. The Morgan fingerprint density at radius 1 is 0.912 bits per heavy atom. The average molecular weight is 479 g/mol. The maximum absolute atomic E-state index is 14.1. The minimum absolute atomic E-state index is 0.0133. The normalized spacial score (nSPS) is 17.2. The van der Waals surface area contributed by atoms with Gasteiger partial charge in [-0.15, -0.1) is 0 Å². The van der Waals surface area contributed by atoms with Gasteiger partial charge in [-0.3, -0.25) is 9.69 Å². The fraction of sp³-hybridized carbons (Fsp3) is 0.111. The smallest absolute Gasteiger partial charge is 0.243 e. The van der Waals surface area contributed by atoms with Crippen LogP contribution in [0.1, 0.15) is 18.1 Å². The molecule has 0 saturated heterocycles. The van der Waals surface area contributed by atoms with Crippen LogP contribution >= 0.6 is 11.6 Å². The van der Waals surface area contributed by atoms with Gasteiger partial charge in [-0.2, -0.15) is 0 Å². The van der Waals surface area contributed by atoms with Gasteiger partial charge in [0.15, 0.2) is 0 Å². The number of carbonyl (C=O) groups excluding carboxylic acids is 1. The SMILES string of the molecule is CC1(Cc2cc(F)cc(F)c2)C(=O)N(c2ccccn2)c2ccc(-c3ccc(Cl)c(F)c3)cc21. The zero-order valence-corrected chi connectivity index (χ0v) is 18.8. The first-order valence-electron chi connectivity index (χ1n) is 10.6. The Morgan fingerprint density at radius 2 is 1.62 bits per heavy atom. The van der Waals surface area contributed by atoms with Crippen molar-refractivity contribution in [3.05, 3.63) is 113 Å². The van der Waals surface area contributed by atoms with E-state index in [1.165, 1.54) is 29.2 Å². The van der Waals surface area contributed by atoms with E-state index in [1.807, 2.05) is 6.07 Å². The van der Waals surface area contributed by atoms with Crippen molar-refractivity contribution in [3.8, 4) is 11.1 Å². The van der Waals surface area contributed by atoms with Crippen LogP contribution in [0.15, 0.2) is 79.0 Å². The van der Waals surface area contributed by atoms with Gasteiger partial charge in [0.05, 0.1) is 16.1 Å². The van der Waals surface area contributed by atoms with Gasteiger partial charge < -0.3 is 0 Å². The van der Waals surface area contributed by atoms with Crippen LogP contribution in [0.25, 0.3) is 11.1 Å². The molecule has 0 radical (unpaired) electrons. The van der Waals surface area contributed by atoms with Gasteiger partial charge in [0, 0.05) is 12.3 Å². The summed E-state index contributed by atoms with van der Waals surface area (Å²) in [7, 11) is 0. The molecule has 0 aliphatic carbocycles. The number of nitrogens with zero attached hydrogens (tertiary/aromatic N) is 2. The molecule has 3 nitrogen and oxygen atoms in total. The minimum Gasteiger partial charge on any atom is -0.273 e. The van der Waals surface area contributed by atoms with Gasteiger partial charge in [-0.25, -0.2) is 18.2 Å². The number of pyridine rings is 1. The second-order valence-corrected chi connectivity index (χ2v) is 8.88. The number of carbonyl (C=O) groups is 1. The number of hydrogen-bond acceptors (Lipinski definition) is 2. The van der Waals surface area contributed by atoms with Gasteiger partial charge >= 0.3 is 0 Å². The largest absolute Gasteiger partial charge is 0.273 e. The van der Waals surface area contributed by atoms with E-state index < -0.39 is 22.9 Å². The number of benzene rings is 3. The highest BCUT2D eigenvalue weighted by Crippen LogP contribution is 2.48. The molecule has 0 fully saturated rings. The van der Waals surface area contributed by atoms with Crippen LogP contribution < -0.4 is 4.90 Å². The van der Waals surface area contributed by atoms with E-state index >= 15 is 0 Å². The van der Waals surface area contributed by atoms with Gasteiger partial charge in [-0.05, 0) is 84.1 Å². The predicted octanol–water partition coefficient (Wildman–Crippen LogP) is 7.00. The van der Waals surface area contributed by atoms with E-state index in [4.69, 9.17) is 11.6 Å². The summed E-state index contributed by atoms with van der Waals surface area (Å²) >= 11 is 5.83. The highest BCUT2D eigenvalue weighted by atomic mass is 35.5. The molecule has 1 amide bonds. The van der Waals surface area contributed by atoms with E-state index in [1.54, 1.807) is 49.5 Å².